The molecule has 2 heterocycles. The number of morpholine rings is 1. The van der Waals surface area contributed by atoms with Gasteiger partial charge in [-0.3, -0.25) is 9.36 Å². The lowest BCUT2D eigenvalue weighted by molar-refractivity contribution is -0.119. The van der Waals surface area contributed by atoms with Crippen LogP contribution in [0.15, 0.2) is 53.7 Å². The summed E-state index contributed by atoms with van der Waals surface area (Å²) in [6.45, 7) is 9.11. The number of thioether (sulfide) groups is 1. The minimum Gasteiger partial charge on any atom is -0.497 e. The van der Waals surface area contributed by atoms with E-state index in [1.807, 2.05) is 36.4 Å². The largest absolute Gasteiger partial charge is 0.497 e. The number of para-hydroxylation sites is 1. The molecule has 186 valence electrons. The van der Waals surface area contributed by atoms with Gasteiger partial charge in [-0.05, 0) is 42.2 Å². The van der Waals surface area contributed by atoms with E-state index >= 15 is 0 Å². The smallest absolute Gasteiger partial charge is 0.232 e. The molecule has 1 amide bonds. The molecule has 1 aromatic heterocycles. The molecule has 2 aromatic carbocycles. The SMILES string of the molecule is COc1ccc(C(NC(=O)CSc2nnc(N3CCOCC3)n2-c2ccccc2C)C(C)C)cc1. The number of nitrogens with one attached hydrogen (secondary N) is 1. The zero-order valence-electron chi connectivity index (χ0n) is 20.7. The first-order valence-electron chi connectivity index (χ1n) is 11.9. The zero-order valence-corrected chi connectivity index (χ0v) is 21.5. The standard InChI is InChI=1S/C26H33N5O3S/c1-18(2)24(20-9-11-21(33-4)12-10-20)27-23(32)17-35-26-29-28-25(30-13-15-34-16-14-30)31(26)22-8-6-5-7-19(22)3/h5-12,18,24H,13-17H2,1-4H3,(H,27,32). The van der Waals surface area contributed by atoms with E-state index in [-0.39, 0.29) is 23.6 Å². The third-order valence-electron chi connectivity index (χ3n) is 6.06. The van der Waals surface area contributed by atoms with Crippen LogP contribution in [0.2, 0.25) is 0 Å². The maximum atomic E-state index is 13.0. The predicted octanol–water partition coefficient (Wildman–Crippen LogP) is 4.03. The van der Waals surface area contributed by atoms with Crippen molar-refractivity contribution in [2.45, 2.75) is 32.0 Å². The predicted molar refractivity (Wildman–Crippen MR) is 139 cm³/mol. The van der Waals surface area contributed by atoms with Gasteiger partial charge in [-0.1, -0.05) is 55.9 Å². The van der Waals surface area contributed by atoms with Crippen LogP contribution in [0, 0.1) is 12.8 Å². The van der Waals surface area contributed by atoms with Gasteiger partial charge in [-0.2, -0.15) is 0 Å². The number of amides is 1. The van der Waals surface area contributed by atoms with Crippen molar-refractivity contribution in [1.82, 2.24) is 20.1 Å². The minimum absolute atomic E-state index is 0.0447. The van der Waals surface area contributed by atoms with Gasteiger partial charge in [0.25, 0.3) is 0 Å². The number of anilines is 1. The van der Waals surface area contributed by atoms with E-state index in [1.165, 1.54) is 11.8 Å². The first-order valence-corrected chi connectivity index (χ1v) is 12.9. The van der Waals surface area contributed by atoms with Crippen LogP contribution in [-0.4, -0.2) is 59.8 Å². The fourth-order valence-electron chi connectivity index (χ4n) is 4.14. The topological polar surface area (TPSA) is 81.5 Å². The van der Waals surface area contributed by atoms with Crippen LogP contribution in [0.4, 0.5) is 5.95 Å². The Hall–Kier alpha value is -3.04. The maximum Gasteiger partial charge on any atom is 0.232 e. The second-order valence-corrected chi connectivity index (χ2v) is 9.80. The van der Waals surface area contributed by atoms with Crippen LogP contribution in [-0.2, 0) is 9.53 Å². The Labute approximate surface area is 211 Å². The molecule has 3 aromatic rings. The third kappa shape index (κ3) is 5.97. The normalized spacial score (nSPS) is 14.7. The molecule has 9 heteroatoms. The highest BCUT2D eigenvalue weighted by Crippen LogP contribution is 2.29. The molecule has 0 radical (unpaired) electrons. The fraction of sp³-hybridized carbons (Fsp3) is 0.423. The number of hydrogen-bond donors (Lipinski definition) is 1. The number of methoxy groups -OCH3 is 1. The summed E-state index contributed by atoms with van der Waals surface area (Å²) in [5, 5.41) is 12.9. The number of hydrogen-bond acceptors (Lipinski definition) is 7. The van der Waals surface area contributed by atoms with Gasteiger partial charge in [0.1, 0.15) is 5.75 Å². The molecule has 1 aliphatic heterocycles. The van der Waals surface area contributed by atoms with Gasteiger partial charge in [0.15, 0.2) is 5.16 Å². The highest BCUT2D eigenvalue weighted by atomic mass is 32.2. The van der Waals surface area contributed by atoms with Crippen molar-refractivity contribution in [1.29, 1.82) is 0 Å². The summed E-state index contributed by atoms with van der Waals surface area (Å²) in [5.74, 6) is 2.01. The molecule has 35 heavy (non-hydrogen) atoms. The fourth-order valence-corrected chi connectivity index (χ4v) is 4.89. The summed E-state index contributed by atoms with van der Waals surface area (Å²) in [6.07, 6.45) is 0. The van der Waals surface area contributed by atoms with Gasteiger partial charge in [-0.15, -0.1) is 10.2 Å². The number of benzene rings is 2. The Morgan fingerprint density at radius 1 is 1.11 bits per heavy atom. The number of rotatable bonds is 9. The Bertz CT molecular complexity index is 1130. The van der Waals surface area contributed by atoms with Crippen molar-refractivity contribution in [3.8, 4) is 11.4 Å². The Kier molecular flexibility index (Phi) is 8.30. The van der Waals surface area contributed by atoms with Gasteiger partial charge in [0.2, 0.25) is 11.9 Å². The highest BCUT2D eigenvalue weighted by molar-refractivity contribution is 7.99. The Balaban J connectivity index is 1.52. The number of carbonyl (C=O) groups is 1. The molecule has 0 saturated carbocycles. The van der Waals surface area contributed by atoms with Crippen LogP contribution in [0.3, 0.4) is 0 Å². The van der Waals surface area contributed by atoms with Gasteiger partial charge in [0, 0.05) is 13.1 Å². The maximum absolute atomic E-state index is 13.0. The molecule has 0 spiro atoms. The lowest BCUT2D eigenvalue weighted by Gasteiger charge is -2.28. The molecular formula is C26H33N5O3S. The van der Waals surface area contributed by atoms with Gasteiger partial charge >= 0.3 is 0 Å². The number of nitrogens with zero attached hydrogens (tertiary/aromatic N) is 4. The van der Waals surface area contributed by atoms with Crippen molar-refractivity contribution in [3.63, 3.8) is 0 Å². The van der Waals surface area contributed by atoms with E-state index in [9.17, 15) is 4.79 Å². The lowest BCUT2D eigenvalue weighted by atomic mass is 9.96. The molecule has 4 rings (SSSR count). The molecule has 8 nitrogen and oxygen atoms in total. The molecular weight excluding hydrogens is 462 g/mol. The van der Waals surface area contributed by atoms with E-state index in [2.05, 4.69) is 57.9 Å². The molecule has 1 saturated heterocycles. The van der Waals surface area contributed by atoms with E-state index in [0.717, 1.165) is 41.6 Å². The van der Waals surface area contributed by atoms with Crippen molar-refractivity contribution in [2.24, 2.45) is 5.92 Å². The highest BCUT2D eigenvalue weighted by Gasteiger charge is 2.24. The summed E-state index contributed by atoms with van der Waals surface area (Å²) in [5.41, 5.74) is 3.18. The van der Waals surface area contributed by atoms with Gasteiger partial charge in [0.05, 0.1) is 37.8 Å². The summed E-state index contributed by atoms with van der Waals surface area (Å²) in [7, 11) is 1.65. The molecule has 1 N–H and O–H groups in total. The molecule has 1 unspecified atom stereocenters. The van der Waals surface area contributed by atoms with Crippen molar-refractivity contribution in [3.05, 3.63) is 59.7 Å². The van der Waals surface area contributed by atoms with E-state index in [4.69, 9.17) is 9.47 Å². The van der Waals surface area contributed by atoms with E-state index in [1.54, 1.807) is 7.11 Å². The van der Waals surface area contributed by atoms with Gasteiger partial charge in [-0.25, -0.2) is 0 Å². The molecule has 0 bridgehead atoms. The number of aromatic nitrogens is 3. The number of ether oxygens (including phenoxy) is 2. The zero-order chi connectivity index (χ0) is 24.8. The van der Waals surface area contributed by atoms with Crippen LogP contribution < -0.4 is 15.0 Å². The van der Waals surface area contributed by atoms with Crippen LogP contribution in [0.1, 0.15) is 31.0 Å². The van der Waals surface area contributed by atoms with E-state index < -0.39 is 0 Å². The first-order chi connectivity index (χ1) is 17.0. The average molecular weight is 496 g/mol. The summed E-state index contributed by atoms with van der Waals surface area (Å²) < 4.78 is 12.8. The lowest BCUT2D eigenvalue weighted by Crippen LogP contribution is -2.38. The van der Waals surface area contributed by atoms with Gasteiger partial charge < -0.3 is 19.7 Å². The summed E-state index contributed by atoms with van der Waals surface area (Å²) >= 11 is 1.40. The quantitative estimate of drug-likeness (QED) is 0.449. The second kappa shape index (κ2) is 11.6. The third-order valence-corrected chi connectivity index (χ3v) is 6.99. The van der Waals surface area contributed by atoms with Crippen LogP contribution in [0.25, 0.3) is 5.69 Å². The first kappa shape index (κ1) is 25.1. The molecule has 1 atom stereocenters. The number of aryl methyl sites for hydroxylation is 1. The van der Waals surface area contributed by atoms with E-state index in [0.29, 0.717) is 18.4 Å². The Morgan fingerprint density at radius 2 is 1.83 bits per heavy atom. The minimum atomic E-state index is -0.0906. The summed E-state index contributed by atoms with van der Waals surface area (Å²) in [4.78, 5) is 15.2. The molecule has 0 aliphatic carbocycles. The average Bonchev–Trinajstić information content (AvgIpc) is 3.30. The number of carbonyl (C=O) groups excluding carboxylic acids is 1. The molecule has 1 aliphatic rings. The van der Waals surface area contributed by atoms with Crippen LogP contribution in [0.5, 0.6) is 5.75 Å². The van der Waals surface area contributed by atoms with Crippen LogP contribution >= 0.6 is 11.8 Å². The monoisotopic (exact) mass is 495 g/mol. The Morgan fingerprint density at radius 3 is 2.49 bits per heavy atom. The second-order valence-electron chi connectivity index (χ2n) is 8.85. The van der Waals surface area contributed by atoms with Crippen molar-refractivity contribution < 1.29 is 14.3 Å². The molecule has 1 fully saturated rings. The summed E-state index contributed by atoms with van der Waals surface area (Å²) in [6, 6.07) is 15.9. The van der Waals surface area contributed by atoms with Crippen molar-refractivity contribution in [2.75, 3.05) is 44.1 Å². The van der Waals surface area contributed by atoms with Crippen molar-refractivity contribution >= 4 is 23.6 Å².